The molecule has 0 unspecified atom stereocenters. The van der Waals surface area contributed by atoms with E-state index in [1.54, 1.807) is 30.7 Å². The monoisotopic (exact) mass is 348 g/mol. The average molecular weight is 348 g/mol. The number of fused-ring (bicyclic) bond motifs is 1. The summed E-state index contributed by atoms with van der Waals surface area (Å²) in [4.78, 5) is 12.6. The molecule has 3 aromatic heterocycles. The molecule has 4 aromatic rings. The Balaban J connectivity index is 1.59. The molecule has 0 saturated carbocycles. The van der Waals surface area contributed by atoms with Gasteiger partial charge >= 0.3 is 0 Å². The summed E-state index contributed by atoms with van der Waals surface area (Å²) in [5, 5.41) is 8.67. The van der Waals surface area contributed by atoms with E-state index in [1.807, 2.05) is 4.68 Å². The minimum absolute atomic E-state index is 0.275. The largest absolute Gasteiger partial charge is 0.332 e. The van der Waals surface area contributed by atoms with Gasteiger partial charge in [0, 0.05) is 23.7 Å². The first-order chi connectivity index (χ1) is 12.8. The predicted octanol–water partition coefficient (Wildman–Crippen LogP) is 3.01. The molecule has 0 fully saturated rings. The zero-order valence-electron chi connectivity index (χ0n) is 13.6. The fraction of sp³-hybridized carbons (Fsp3) is 0.167. The molecule has 0 amide bonds. The van der Waals surface area contributed by atoms with Crippen LogP contribution in [0.2, 0.25) is 0 Å². The van der Waals surface area contributed by atoms with Gasteiger partial charge < -0.3 is 4.52 Å². The molecule has 0 saturated heterocycles. The maximum absolute atomic E-state index is 13.2. The third kappa shape index (κ3) is 2.38. The molecule has 0 atom stereocenters. The second kappa shape index (κ2) is 5.83. The first kappa shape index (κ1) is 14.9. The first-order valence-electron chi connectivity index (χ1n) is 8.27. The first-order valence-corrected chi connectivity index (χ1v) is 8.27. The van der Waals surface area contributed by atoms with E-state index in [0.29, 0.717) is 23.1 Å². The van der Waals surface area contributed by atoms with Crippen molar-refractivity contribution < 1.29 is 8.91 Å². The SMILES string of the molecule is Fc1ccc(-n2nc(-c3nc(-c4cnccn4)no3)c3c2CCC3)cc1. The third-order valence-electron chi connectivity index (χ3n) is 4.42. The van der Waals surface area contributed by atoms with Gasteiger partial charge in [-0.05, 0) is 43.5 Å². The average Bonchev–Trinajstić information content (AvgIpc) is 3.40. The molecule has 3 heterocycles. The molecule has 1 aromatic carbocycles. The summed E-state index contributed by atoms with van der Waals surface area (Å²) >= 11 is 0. The maximum Gasteiger partial charge on any atom is 0.279 e. The fourth-order valence-electron chi connectivity index (χ4n) is 3.24. The van der Waals surface area contributed by atoms with E-state index in [1.165, 1.54) is 12.1 Å². The molecule has 0 aliphatic heterocycles. The summed E-state index contributed by atoms with van der Waals surface area (Å²) in [5.41, 5.74) is 4.22. The van der Waals surface area contributed by atoms with Crippen LogP contribution in [0.5, 0.6) is 0 Å². The summed E-state index contributed by atoms with van der Waals surface area (Å²) in [6.07, 6.45) is 7.58. The molecule has 0 radical (unpaired) electrons. The van der Waals surface area contributed by atoms with Crippen LogP contribution in [0.4, 0.5) is 4.39 Å². The number of halogens is 1. The Bertz CT molecular complexity index is 1070. The summed E-state index contributed by atoms with van der Waals surface area (Å²) < 4.78 is 20.5. The lowest BCUT2D eigenvalue weighted by molar-refractivity contribution is 0.430. The van der Waals surface area contributed by atoms with Gasteiger partial charge in [0.05, 0.1) is 11.9 Å². The lowest BCUT2D eigenvalue weighted by atomic mass is 10.2. The van der Waals surface area contributed by atoms with Gasteiger partial charge in [0.1, 0.15) is 11.5 Å². The van der Waals surface area contributed by atoms with Gasteiger partial charge in [-0.15, -0.1) is 0 Å². The van der Waals surface area contributed by atoms with Crippen molar-refractivity contribution in [3.63, 3.8) is 0 Å². The van der Waals surface area contributed by atoms with Crippen molar-refractivity contribution in [3.8, 4) is 28.8 Å². The molecule has 128 valence electrons. The topological polar surface area (TPSA) is 82.5 Å². The van der Waals surface area contributed by atoms with Crippen molar-refractivity contribution in [2.45, 2.75) is 19.3 Å². The molecular weight excluding hydrogens is 335 g/mol. The molecular formula is C18H13FN6O. The maximum atomic E-state index is 13.2. The molecule has 0 spiro atoms. The van der Waals surface area contributed by atoms with E-state index in [0.717, 1.165) is 36.2 Å². The van der Waals surface area contributed by atoms with Crippen molar-refractivity contribution >= 4 is 0 Å². The Hall–Kier alpha value is -3.42. The minimum atomic E-state index is -0.275. The summed E-state index contributed by atoms with van der Waals surface area (Å²) in [5.74, 6) is 0.448. The molecule has 5 rings (SSSR count). The van der Waals surface area contributed by atoms with E-state index >= 15 is 0 Å². The second-order valence-corrected chi connectivity index (χ2v) is 6.03. The fourth-order valence-corrected chi connectivity index (χ4v) is 3.24. The van der Waals surface area contributed by atoms with Gasteiger partial charge in [-0.25, -0.2) is 14.1 Å². The van der Waals surface area contributed by atoms with Crippen molar-refractivity contribution in [2.24, 2.45) is 0 Å². The summed E-state index contributed by atoms with van der Waals surface area (Å²) in [6, 6.07) is 6.28. The van der Waals surface area contributed by atoms with Crippen LogP contribution in [0.25, 0.3) is 28.8 Å². The van der Waals surface area contributed by atoms with Gasteiger partial charge in [-0.2, -0.15) is 10.1 Å². The Kier molecular flexibility index (Phi) is 3.34. The van der Waals surface area contributed by atoms with Crippen LogP contribution >= 0.6 is 0 Å². The smallest absolute Gasteiger partial charge is 0.279 e. The summed E-state index contributed by atoms with van der Waals surface area (Å²) in [6.45, 7) is 0. The quantitative estimate of drug-likeness (QED) is 0.566. The number of benzene rings is 1. The lowest BCUT2D eigenvalue weighted by Crippen LogP contribution is -2.01. The highest BCUT2D eigenvalue weighted by Crippen LogP contribution is 2.33. The Morgan fingerprint density at radius 2 is 1.96 bits per heavy atom. The number of rotatable bonds is 3. The van der Waals surface area contributed by atoms with Crippen molar-refractivity contribution in [1.82, 2.24) is 29.9 Å². The van der Waals surface area contributed by atoms with Crippen LogP contribution in [0.1, 0.15) is 17.7 Å². The van der Waals surface area contributed by atoms with Gasteiger partial charge in [-0.1, -0.05) is 5.16 Å². The van der Waals surface area contributed by atoms with Crippen LogP contribution in [0.3, 0.4) is 0 Å². The molecule has 26 heavy (non-hydrogen) atoms. The van der Waals surface area contributed by atoms with Crippen LogP contribution < -0.4 is 0 Å². The Labute approximate surface area is 147 Å². The van der Waals surface area contributed by atoms with Crippen LogP contribution in [0, 0.1) is 5.82 Å². The number of nitrogens with zero attached hydrogens (tertiary/aromatic N) is 6. The molecule has 0 N–H and O–H groups in total. The predicted molar refractivity (Wildman–Crippen MR) is 89.9 cm³/mol. The van der Waals surface area contributed by atoms with Crippen LogP contribution in [-0.2, 0) is 12.8 Å². The Morgan fingerprint density at radius 1 is 1.08 bits per heavy atom. The van der Waals surface area contributed by atoms with E-state index in [9.17, 15) is 4.39 Å². The normalized spacial score (nSPS) is 13.1. The standard InChI is InChI=1S/C18H13FN6O/c19-11-4-6-12(7-5-11)25-15-3-1-2-13(15)16(23-25)18-22-17(24-26-18)14-10-20-8-9-21-14/h4-10H,1-3H2. The molecule has 7 nitrogen and oxygen atoms in total. The molecule has 0 bridgehead atoms. The van der Waals surface area contributed by atoms with E-state index in [2.05, 4.69) is 25.2 Å². The zero-order chi connectivity index (χ0) is 17.5. The highest BCUT2D eigenvalue weighted by molar-refractivity contribution is 5.60. The van der Waals surface area contributed by atoms with Gasteiger partial charge in [0.25, 0.3) is 5.89 Å². The third-order valence-corrected chi connectivity index (χ3v) is 4.42. The number of hydrogen-bond acceptors (Lipinski definition) is 6. The number of hydrogen-bond donors (Lipinski definition) is 0. The van der Waals surface area contributed by atoms with E-state index in [4.69, 9.17) is 4.52 Å². The number of aromatic nitrogens is 6. The van der Waals surface area contributed by atoms with Crippen molar-refractivity contribution in [1.29, 1.82) is 0 Å². The van der Waals surface area contributed by atoms with Gasteiger partial charge in [0.2, 0.25) is 5.82 Å². The van der Waals surface area contributed by atoms with E-state index < -0.39 is 0 Å². The lowest BCUT2D eigenvalue weighted by Gasteiger charge is -2.04. The van der Waals surface area contributed by atoms with Gasteiger partial charge in [0.15, 0.2) is 5.69 Å². The van der Waals surface area contributed by atoms with Crippen molar-refractivity contribution in [2.75, 3.05) is 0 Å². The Morgan fingerprint density at radius 3 is 2.77 bits per heavy atom. The van der Waals surface area contributed by atoms with Crippen molar-refractivity contribution in [3.05, 3.63) is 59.9 Å². The minimum Gasteiger partial charge on any atom is -0.332 e. The second-order valence-electron chi connectivity index (χ2n) is 6.03. The molecule has 1 aliphatic rings. The van der Waals surface area contributed by atoms with Gasteiger partial charge in [-0.3, -0.25) is 4.98 Å². The molecule has 8 heteroatoms. The summed E-state index contributed by atoms with van der Waals surface area (Å²) in [7, 11) is 0. The molecule has 1 aliphatic carbocycles. The zero-order valence-corrected chi connectivity index (χ0v) is 13.6. The van der Waals surface area contributed by atoms with Crippen LogP contribution in [-0.4, -0.2) is 29.9 Å². The van der Waals surface area contributed by atoms with E-state index in [-0.39, 0.29) is 5.82 Å². The highest BCUT2D eigenvalue weighted by Gasteiger charge is 2.27. The van der Waals surface area contributed by atoms with Crippen LogP contribution in [0.15, 0.2) is 47.4 Å². The highest BCUT2D eigenvalue weighted by atomic mass is 19.1.